The highest BCUT2D eigenvalue weighted by molar-refractivity contribution is 8.13. The molecule has 1 heterocycles. The van der Waals surface area contributed by atoms with Crippen LogP contribution in [-0.4, -0.2) is 25.8 Å². The van der Waals surface area contributed by atoms with E-state index in [1.54, 1.807) is 11.0 Å². The zero-order valence-corrected chi connectivity index (χ0v) is 11.8. The van der Waals surface area contributed by atoms with Gasteiger partial charge in [-0.1, -0.05) is 19.9 Å². The normalized spacial score (nSPS) is 15.3. The first-order valence-electron chi connectivity index (χ1n) is 5.66. The first-order chi connectivity index (χ1) is 8.29. The Kier molecular flexibility index (Phi) is 3.38. The van der Waals surface area contributed by atoms with Gasteiger partial charge in [-0.3, -0.25) is 4.79 Å². The molecule has 98 valence electrons. The van der Waals surface area contributed by atoms with Crippen molar-refractivity contribution < 1.29 is 13.2 Å². The maximum Gasteiger partial charge on any atom is 0.261 e. The molecule has 0 atom stereocenters. The summed E-state index contributed by atoms with van der Waals surface area (Å²) < 4.78 is 22.5. The molecule has 1 aliphatic heterocycles. The Balaban J connectivity index is 2.36. The summed E-state index contributed by atoms with van der Waals surface area (Å²) in [5.41, 5.74) is 1.29. The first kappa shape index (κ1) is 13.4. The van der Waals surface area contributed by atoms with E-state index in [1.165, 1.54) is 12.1 Å². The van der Waals surface area contributed by atoms with Crippen molar-refractivity contribution >= 4 is 25.6 Å². The van der Waals surface area contributed by atoms with Crippen LogP contribution in [0.15, 0.2) is 23.1 Å². The summed E-state index contributed by atoms with van der Waals surface area (Å²) in [6.45, 7) is 5.27. The van der Waals surface area contributed by atoms with E-state index in [1.807, 2.05) is 13.8 Å². The Hall–Kier alpha value is -1.07. The van der Waals surface area contributed by atoms with Gasteiger partial charge < -0.3 is 4.90 Å². The molecule has 1 aliphatic rings. The Morgan fingerprint density at radius 3 is 2.61 bits per heavy atom. The lowest BCUT2D eigenvalue weighted by molar-refractivity contribution is 0.0759. The van der Waals surface area contributed by atoms with Gasteiger partial charge in [0.25, 0.3) is 15.0 Å². The van der Waals surface area contributed by atoms with Crippen LogP contribution in [0.1, 0.15) is 29.8 Å². The lowest BCUT2D eigenvalue weighted by Gasteiger charge is -2.17. The van der Waals surface area contributed by atoms with Crippen LogP contribution in [0.2, 0.25) is 0 Å². The van der Waals surface area contributed by atoms with Crippen LogP contribution in [0.3, 0.4) is 0 Å². The lowest BCUT2D eigenvalue weighted by atomic mass is 10.1. The van der Waals surface area contributed by atoms with Crippen LogP contribution in [0, 0.1) is 5.92 Å². The van der Waals surface area contributed by atoms with Crippen molar-refractivity contribution in [1.29, 1.82) is 0 Å². The molecule has 18 heavy (non-hydrogen) atoms. The van der Waals surface area contributed by atoms with Crippen molar-refractivity contribution in [2.45, 2.75) is 25.3 Å². The topological polar surface area (TPSA) is 54.5 Å². The van der Waals surface area contributed by atoms with Gasteiger partial charge in [-0.05, 0) is 23.6 Å². The van der Waals surface area contributed by atoms with Crippen LogP contribution in [0.4, 0.5) is 0 Å². The van der Waals surface area contributed by atoms with Gasteiger partial charge in [0, 0.05) is 29.3 Å². The smallest absolute Gasteiger partial charge is 0.261 e. The zero-order chi connectivity index (χ0) is 13.5. The van der Waals surface area contributed by atoms with E-state index in [0.29, 0.717) is 24.6 Å². The van der Waals surface area contributed by atoms with Gasteiger partial charge in [-0.25, -0.2) is 8.42 Å². The van der Waals surface area contributed by atoms with E-state index >= 15 is 0 Å². The van der Waals surface area contributed by atoms with Gasteiger partial charge in [0.1, 0.15) is 0 Å². The van der Waals surface area contributed by atoms with Gasteiger partial charge >= 0.3 is 0 Å². The number of carbonyl (C=O) groups is 1. The molecule has 1 amide bonds. The Morgan fingerprint density at radius 1 is 1.39 bits per heavy atom. The minimum absolute atomic E-state index is 0.0253. The molecule has 0 fully saturated rings. The Labute approximate surface area is 111 Å². The second-order valence-corrected chi connectivity index (χ2v) is 7.40. The minimum atomic E-state index is -3.79. The summed E-state index contributed by atoms with van der Waals surface area (Å²) >= 11 is 0. The SMILES string of the molecule is CC(C)CN1Cc2ccc(S(=O)(=O)Cl)cc2C1=O. The van der Waals surface area contributed by atoms with Gasteiger partial charge in [0.2, 0.25) is 0 Å². The molecule has 0 aromatic heterocycles. The predicted molar refractivity (Wildman–Crippen MR) is 69.1 cm³/mol. The summed E-state index contributed by atoms with van der Waals surface area (Å²) in [5, 5.41) is 0. The fourth-order valence-corrected chi connectivity index (χ4v) is 2.86. The molecule has 1 aromatic carbocycles. The zero-order valence-electron chi connectivity index (χ0n) is 10.2. The quantitative estimate of drug-likeness (QED) is 0.801. The number of halogens is 1. The van der Waals surface area contributed by atoms with E-state index in [-0.39, 0.29) is 10.8 Å². The van der Waals surface area contributed by atoms with E-state index in [2.05, 4.69) is 0 Å². The first-order valence-corrected chi connectivity index (χ1v) is 7.97. The molecule has 0 unspecified atom stereocenters. The third-order valence-corrected chi connectivity index (χ3v) is 4.18. The van der Waals surface area contributed by atoms with Crippen LogP contribution in [0.25, 0.3) is 0 Å². The van der Waals surface area contributed by atoms with E-state index in [0.717, 1.165) is 5.56 Å². The number of hydrogen-bond acceptors (Lipinski definition) is 3. The van der Waals surface area contributed by atoms with E-state index < -0.39 is 9.05 Å². The molecule has 6 heteroatoms. The lowest BCUT2D eigenvalue weighted by Crippen LogP contribution is -2.27. The summed E-state index contributed by atoms with van der Waals surface area (Å²) in [5.74, 6) is 0.250. The van der Waals surface area contributed by atoms with Crippen molar-refractivity contribution in [1.82, 2.24) is 4.90 Å². The number of nitrogens with zero attached hydrogens (tertiary/aromatic N) is 1. The second kappa shape index (κ2) is 4.55. The molecule has 0 aliphatic carbocycles. The minimum Gasteiger partial charge on any atom is -0.334 e. The largest absolute Gasteiger partial charge is 0.334 e. The van der Waals surface area contributed by atoms with Crippen LogP contribution in [-0.2, 0) is 15.6 Å². The third-order valence-electron chi connectivity index (χ3n) is 2.83. The summed E-state index contributed by atoms with van der Waals surface area (Å²) in [4.78, 5) is 13.8. The molecule has 0 saturated carbocycles. The van der Waals surface area contributed by atoms with Crippen LogP contribution >= 0.6 is 10.7 Å². The molecule has 0 radical (unpaired) electrons. The van der Waals surface area contributed by atoms with Gasteiger partial charge in [-0.15, -0.1) is 0 Å². The summed E-state index contributed by atoms with van der Waals surface area (Å²) in [6.07, 6.45) is 0. The van der Waals surface area contributed by atoms with Crippen molar-refractivity contribution in [2.75, 3.05) is 6.54 Å². The summed E-state index contributed by atoms with van der Waals surface area (Å²) in [7, 11) is 1.49. The maximum atomic E-state index is 12.1. The standard InChI is InChI=1S/C12H14ClNO3S/c1-8(2)6-14-7-9-3-4-10(18(13,16)17)5-11(9)12(14)15/h3-5,8H,6-7H2,1-2H3. The number of carbonyl (C=O) groups excluding carboxylic acids is 1. The number of hydrogen-bond donors (Lipinski definition) is 0. The van der Waals surface area contributed by atoms with Crippen LogP contribution in [0.5, 0.6) is 0 Å². The number of amides is 1. The average molecular weight is 288 g/mol. The van der Waals surface area contributed by atoms with E-state index in [9.17, 15) is 13.2 Å². The monoisotopic (exact) mass is 287 g/mol. The molecule has 0 spiro atoms. The number of benzene rings is 1. The molecule has 0 N–H and O–H groups in total. The molecule has 2 rings (SSSR count). The maximum absolute atomic E-state index is 12.1. The highest BCUT2D eigenvalue weighted by atomic mass is 35.7. The van der Waals surface area contributed by atoms with Gasteiger partial charge in [0.15, 0.2) is 0 Å². The van der Waals surface area contributed by atoms with Crippen molar-refractivity contribution in [3.8, 4) is 0 Å². The predicted octanol–water partition coefficient (Wildman–Crippen LogP) is 2.23. The second-order valence-electron chi connectivity index (χ2n) is 4.84. The van der Waals surface area contributed by atoms with Crippen molar-refractivity contribution in [2.24, 2.45) is 5.92 Å². The molecule has 0 bridgehead atoms. The molecular weight excluding hydrogens is 274 g/mol. The number of fused-ring (bicyclic) bond motifs is 1. The molecule has 0 saturated heterocycles. The third kappa shape index (κ3) is 2.52. The Morgan fingerprint density at radius 2 is 2.06 bits per heavy atom. The highest BCUT2D eigenvalue weighted by Gasteiger charge is 2.28. The fraction of sp³-hybridized carbons (Fsp3) is 0.417. The van der Waals surface area contributed by atoms with Gasteiger partial charge in [-0.2, -0.15) is 0 Å². The average Bonchev–Trinajstić information content (AvgIpc) is 2.53. The highest BCUT2D eigenvalue weighted by Crippen LogP contribution is 2.27. The van der Waals surface area contributed by atoms with Crippen LogP contribution < -0.4 is 0 Å². The Bertz CT molecular complexity index is 595. The molecule has 4 nitrogen and oxygen atoms in total. The van der Waals surface area contributed by atoms with Crippen molar-refractivity contribution in [3.63, 3.8) is 0 Å². The molecular formula is C12H14ClNO3S. The van der Waals surface area contributed by atoms with E-state index in [4.69, 9.17) is 10.7 Å². The number of rotatable bonds is 3. The molecule has 1 aromatic rings. The van der Waals surface area contributed by atoms with Crippen molar-refractivity contribution in [3.05, 3.63) is 29.3 Å². The van der Waals surface area contributed by atoms with Gasteiger partial charge in [0.05, 0.1) is 4.90 Å². The summed E-state index contributed by atoms with van der Waals surface area (Å²) in [6, 6.07) is 4.45. The fourth-order valence-electron chi connectivity index (χ4n) is 2.08.